The monoisotopic (exact) mass is 741 g/mol. The number of furan rings is 1. The molecule has 6 nitrogen and oxygen atoms in total. The molecule has 0 unspecified atom stereocenters. The molecule has 12 rings (SSSR count). The molecule has 0 saturated carbocycles. The van der Waals surface area contributed by atoms with Crippen LogP contribution in [0, 0.1) is 0 Å². The number of rotatable bonds is 4. The van der Waals surface area contributed by atoms with E-state index in [1.54, 1.807) is 0 Å². The van der Waals surface area contributed by atoms with Crippen molar-refractivity contribution in [2.24, 2.45) is 15.0 Å². The lowest BCUT2D eigenvalue weighted by Gasteiger charge is -2.10. The van der Waals surface area contributed by atoms with E-state index < -0.39 is 0 Å². The summed E-state index contributed by atoms with van der Waals surface area (Å²) in [5.41, 5.74) is 11.5. The highest BCUT2D eigenvalue weighted by molar-refractivity contribution is 6.28. The largest absolute Gasteiger partial charge is 0.456 e. The second kappa shape index (κ2) is 12.8. The Hall–Kier alpha value is -8.05. The molecule has 0 aliphatic carbocycles. The van der Waals surface area contributed by atoms with E-state index in [4.69, 9.17) is 19.4 Å². The van der Waals surface area contributed by atoms with Gasteiger partial charge in [-0.3, -0.25) is 4.57 Å². The van der Waals surface area contributed by atoms with Crippen molar-refractivity contribution >= 4 is 88.9 Å². The lowest BCUT2D eigenvalue weighted by atomic mass is 10.0. The molecule has 8 aromatic carbocycles. The van der Waals surface area contributed by atoms with Crippen molar-refractivity contribution < 1.29 is 4.42 Å². The Bertz CT molecular complexity index is 3580. The van der Waals surface area contributed by atoms with Gasteiger partial charge >= 0.3 is 0 Å². The minimum absolute atomic E-state index is 0.488. The van der Waals surface area contributed by atoms with Crippen molar-refractivity contribution in [1.29, 1.82) is 0 Å². The van der Waals surface area contributed by atoms with Crippen LogP contribution >= 0.6 is 0 Å². The van der Waals surface area contributed by atoms with Gasteiger partial charge in [-0.15, -0.1) is 0 Å². The molecule has 0 N–H and O–H groups in total. The summed E-state index contributed by atoms with van der Waals surface area (Å²) in [5.74, 6) is 4.30. The predicted octanol–water partition coefficient (Wildman–Crippen LogP) is 12.8. The summed E-state index contributed by atoms with van der Waals surface area (Å²) < 4.78 is 10.9. The van der Waals surface area contributed by atoms with E-state index in [0.717, 1.165) is 82.7 Å². The second-order valence-electron chi connectivity index (χ2n) is 14.6. The zero-order chi connectivity index (χ0) is 38.2. The molecule has 0 fully saturated rings. The number of aromatic nitrogens is 2. The maximum atomic E-state index is 6.32. The van der Waals surface area contributed by atoms with Crippen LogP contribution < -0.4 is 0 Å². The lowest BCUT2D eigenvalue weighted by Crippen LogP contribution is -2.12. The minimum Gasteiger partial charge on any atom is -0.456 e. The first-order valence-corrected chi connectivity index (χ1v) is 19.4. The Morgan fingerprint density at radius 2 is 1.02 bits per heavy atom. The first-order valence-electron chi connectivity index (χ1n) is 19.4. The van der Waals surface area contributed by atoms with Gasteiger partial charge in [0.1, 0.15) is 16.9 Å². The van der Waals surface area contributed by atoms with Gasteiger partial charge in [-0.25, -0.2) is 4.99 Å². The van der Waals surface area contributed by atoms with Crippen LogP contribution in [0.5, 0.6) is 0 Å². The number of fused-ring (bicyclic) bond motifs is 10. The Balaban J connectivity index is 1.13. The third-order valence-electron chi connectivity index (χ3n) is 11.3. The Kier molecular flexibility index (Phi) is 7.08. The average Bonchev–Trinajstić information content (AvgIpc) is 3.88. The number of hydrogen-bond acceptors (Lipinski definition) is 4. The van der Waals surface area contributed by atoms with Crippen LogP contribution in [-0.4, -0.2) is 26.8 Å². The molecular formula is C52H31N5O. The Labute approximate surface area is 332 Å². The Morgan fingerprint density at radius 1 is 0.414 bits per heavy atom. The third kappa shape index (κ3) is 4.96. The van der Waals surface area contributed by atoms with E-state index in [9.17, 15) is 0 Å². The highest BCUT2D eigenvalue weighted by Crippen LogP contribution is 2.41. The van der Waals surface area contributed by atoms with Crippen molar-refractivity contribution in [3.8, 4) is 16.8 Å². The topological polar surface area (TPSA) is 60.1 Å². The third-order valence-corrected chi connectivity index (χ3v) is 11.3. The summed E-state index contributed by atoms with van der Waals surface area (Å²) in [7, 11) is 0. The van der Waals surface area contributed by atoms with Gasteiger partial charge in [-0.1, -0.05) is 140 Å². The summed E-state index contributed by atoms with van der Waals surface area (Å²) in [4.78, 5) is 15.6. The fraction of sp³-hybridized carbons (Fsp3) is 0. The molecule has 6 heteroatoms. The zero-order valence-corrected chi connectivity index (χ0v) is 31.0. The lowest BCUT2D eigenvalue weighted by molar-refractivity contribution is 0.669. The molecule has 0 atom stereocenters. The molecule has 58 heavy (non-hydrogen) atoms. The standard InChI is InChI=1S/C52H31N5O/c1-3-13-33(14-4-1)34-23-25-35(26-24-34)43-32-53-51(36-27-28-40-39-18-9-12-22-47(39)58-48(40)31-36)55-52(54-43)57-45-21-11-8-19-42(45)49-46(57)30-29-41-38-17-7-10-20-44(38)56(50(41)49)37-15-5-2-6-16-37/h1-31H. The first kappa shape index (κ1) is 32.2. The number of nitrogens with zero attached hydrogens (tertiary/aromatic N) is 5. The summed E-state index contributed by atoms with van der Waals surface area (Å²) in [6, 6.07) is 65.3. The zero-order valence-electron chi connectivity index (χ0n) is 31.0. The first-order chi connectivity index (χ1) is 28.8. The minimum atomic E-state index is 0.488. The van der Waals surface area contributed by atoms with Gasteiger partial charge in [-0.05, 0) is 59.7 Å². The van der Waals surface area contributed by atoms with Crippen LogP contribution in [0.2, 0.25) is 0 Å². The van der Waals surface area contributed by atoms with Gasteiger partial charge in [0.2, 0.25) is 5.96 Å². The van der Waals surface area contributed by atoms with Crippen LogP contribution in [0.4, 0.5) is 0 Å². The average molecular weight is 742 g/mol. The van der Waals surface area contributed by atoms with Crippen molar-refractivity contribution in [2.45, 2.75) is 0 Å². The van der Waals surface area contributed by atoms with Crippen LogP contribution in [0.3, 0.4) is 0 Å². The number of benzene rings is 8. The molecule has 1 aliphatic rings. The molecule has 0 bridgehead atoms. The van der Waals surface area contributed by atoms with E-state index >= 15 is 0 Å². The summed E-state index contributed by atoms with van der Waals surface area (Å²) in [6.07, 6.45) is 0. The van der Waals surface area contributed by atoms with Crippen LogP contribution in [-0.2, 0) is 0 Å². The molecule has 0 radical (unpaired) electrons. The molecule has 3 aromatic heterocycles. The highest BCUT2D eigenvalue weighted by atomic mass is 16.3. The Morgan fingerprint density at radius 3 is 1.83 bits per heavy atom. The maximum Gasteiger partial charge on any atom is 0.237 e. The smallest absolute Gasteiger partial charge is 0.237 e. The summed E-state index contributed by atoms with van der Waals surface area (Å²) in [6.45, 7) is 0. The quantitative estimate of drug-likeness (QED) is 0.177. The predicted molar refractivity (Wildman–Crippen MR) is 240 cm³/mol. The van der Waals surface area contributed by atoms with Crippen LogP contribution in [0.15, 0.2) is 207 Å². The van der Waals surface area contributed by atoms with E-state index in [1.165, 1.54) is 10.8 Å². The molecule has 11 aromatic rings. The molecule has 1 aliphatic heterocycles. The summed E-state index contributed by atoms with van der Waals surface area (Å²) in [5, 5.41) is 6.73. The van der Waals surface area contributed by atoms with E-state index in [-0.39, 0.29) is 0 Å². The number of hydrogen-bond donors (Lipinski definition) is 0. The number of amidine groups is 1. The maximum absolute atomic E-state index is 6.32. The molecule has 270 valence electrons. The number of para-hydroxylation sites is 4. The van der Waals surface area contributed by atoms with Gasteiger partial charge in [0.25, 0.3) is 0 Å². The van der Waals surface area contributed by atoms with E-state index in [2.05, 4.69) is 173 Å². The van der Waals surface area contributed by atoms with Crippen molar-refractivity contribution in [2.75, 3.05) is 0 Å². The van der Waals surface area contributed by atoms with Crippen molar-refractivity contribution in [1.82, 2.24) is 9.13 Å². The van der Waals surface area contributed by atoms with Gasteiger partial charge in [0, 0.05) is 55.0 Å². The molecule has 0 saturated heterocycles. The van der Waals surface area contributed by atoms with E-state index in [0.29, 0.717) is 17.5 Å². The van der Waals surface area contributed by atoms with Crippen molar-refractivity contribution in [3.63, 3.8) is 0 Å². The molecule has 4 heterocycles. The fourth-order valence-electron chi connectivity index (χ4n) is 8.62. The normalized spacial score (nSPS) is 13.1. The SMILES string of the molecule is C1=NC(c2ccc3c(c2)oc2ccccc23)=NC(n2c3ccccc3c3c2ccc2c4ccccc4n(-c4ccccc4)c23)=NC=1c1ccc(-c2ccccc2)cc1. The molecular weight excluding hydrogens is 711 g/mol. The fourth-order valence-corrected chi connectivity index (χ4v) is 8.62. The highest BCUT2D eigenvalue weighted by Gasteiger charge is 2.23. The van der Waals surface area contributed by atoms with Crippen LogP contribution in [0.1, 0.15) is 11.1 Å². The van der Waals surface area contributed by atoms with Gasteiger partial charge < -0.3 is 8.98 Å². The van der Waals surface area contributed by atoms with Gasteiger partial charge in [-0.2, -0.15) is 9.98 Å². The molecule has 0 amide bonds. The van der Waals surface area contributed by atoms with Crippen LogP contribution in [0.25, 0.3) is 88.1 Å². The van der Waals surface area contributed by atoms with Gasteiger partial charge in [0.15, 0.2) is 5.84 Å². The molecule has 0 spiro atoms. The van der Waals surface area contributed by atoms with E-state index in [1.807, 2.05) is 30.3 Å². The van der Waals surface area contributed by atoms with Gasteiger partial charge in [0.05, 0.1) is 22.1 Å². The van der Waals surface area contributed by atoms with Crippen molar-refractivity contribution in [3.05, 3.63) is 199 Å². The second-order valence-corrected chi connectivity index (χ2v) is 14.6. The number of aliphatic imine (C=N–C) groups is 3. The summed E-state index contributed by atoms with van der Waals surface area (Å²) >= 11 is 0.